The average Bonchev–Trinajstić information content (AvgIpc) is 2.57. The Labute approximate surface area is 145 Å². The van der Waals surface area contributed by atoms with E-state index in [0.29, 0.717) is 34.4 Å². The Morgan fingerprint density at radius 1 is 0.913 bits per heavy atom. The van der Waals surface area contributed by atoms with E-state index >= 15 is 0 Å². The number of nitrogen functional groups attached to an aromatic ring is 1. The Kier molecular flexibility index (Phi) is 4.64. The molecule has 1 amide bonds. The van der Waals surface area contributed by atoms with E-state index < -0.39 is 0 Å². The molecular formula is C17H17Cl2N3O. The molecule has 2 aromatic rings. The molecule has 1 heterocycles. The minimum absolute atomic E-state index is 0.0405. The van der Waals surface area contributed by atoms with Crippen LogP contribution in [0.25, 0.3) is 0 Å². The number of hydrogen-bond donors (Lipinski definition) is 1. The van der Waals surface area contributed by atoms with Crippen LogP contribution >= 0.6 is 23.2 Å². The van der Waals surface area contributed by atoms with Crippen LogP contribution in [-0.4, -0.2) is 37.0 Å². The minimum atomic E-state index is 0.0405. The first-order valence-electron chi connectivity index (χ1n) is 7.39. The fraction of sp³-hybridized carbons (Fsp3) is 0.235. The number of rotatable bonds is 2. The van der Waals surface area contributed by atoms with Gasteiger partial charge >= 0.3 is 0 Å². The topological polar surface area (TPSA) is 49.6 Å². The molecule has 0 bridgehead atoms. The van der Waals surface area contributed by atoms with Crippen LogP contribution in [0.5, 0.6) is 0 Å². The van der Waals surface area contributed by atoms with E-state index in [1.807, 2.05) is 17.0 Å². The van der Waals surface area contributed by atoms with E-state index in [-0.39, 0.29) is 5.91 Å². The number of nitrogens with zero attached hydrogens (tertiary/aromatic N) is 2. The predicted molar refractivity (Wildman–Crippen MR) is 95.4 cm³/mol. The SMILES string of the molecule is Nc1ccc(C(=O)N2CCN(c3ccc(Cl)c(Cl)c3)CC2)cc1. The van der Waals surface area contributed by atoms with Crippen molar-refractivity contribution < 1.29 is 4.79 Å². The first-order chi connectivity index (χ1) is 11.0. The second-order valence-corrected chi connectivity index (χ2v) is 6.31. The smallest absolute Gasteiger partial charge is 0.253 e. The van der Waals surface area contributed by atoms with Gasteiger partial charge < -0.3 is 15.5 Å². The lowest BCUT2D eigenvalue weighted by molar-refractivity contribution is 0.0747. The van der Waals surface area contributed by atoms with E-state index in [1.54, 1.807) is 30.3 Å². The number of anilines is 2. The van der Waals surface area contributed by atoms with Gasteiger partial charge in [0.15, 0.2) is 0 Å². The monoisotopic (exact) mass is 349 g/mol. The molecule has 1 aliphatic rings. The van der Waals surface area contributed by atoms with Crippen LogP contribution in [0, 0.1) is 0 Å². The van der Waals surface area contributed by atoms with Crippen molar-refractivity contribution in [3.8, 4) is 0 Å². The zero-order valence-electron chi connectivity index (χ0n) is 12.5. The highest BCUT2D eigenvalue weighted by Gasteiger charge is 2.22. The van der Waals surface area contributed by atoms with Gasteiger partial charge in [-0.15, -0.1) is 0 Å². The highest BCUT2D eigenvalue weighted by Crippen LogP contribution is 2.27. The molecule has 1 fully saturated rings. The highest BCUT2D eigenvalue weighted by atomic mass is 35.5. The van der Waals surface area contributed by atoms with Crippen LogP contribution in [0.15, 0.2) is 42.5 Å². The third-order valence-corrected chi connectivity index (χ3v) is 4.73. The van der Waals surface area contributed by atoms with E-state index in [0.717, 1.165) is 18.8 Å². The van der Waals surface area contributed by atoms with E-state index in [4.69, 9.17) is 28.9 Å². The number of amides is 1. The zero-order valence-corrected chi connectivity index (χ0v) is 14.0. The number of piperazine rings is 1. The molecule has 0 aliphatic carbocycles. The zero-order chi connectivity index (χ0) is 16.4. The number of carbonyl (C=O) groups excluding carboxylic acids is 1. The molecule has 0 unspecified atom stereocenters. The van der Waals surface area contributed by atoms with Gasteiger partial charge in [-0.25, -0.2) is 0 Å². The van der Waals surface area contributed by atoms with Crippen LogP contribution < -0.4 is 10.6 Å². The Bertz CT molecular complexity index is 710. The summed E-state index contributed by atoms with van der Waals surface area (Å²) in [6.45, 7) is 2.87. The summed E-state index contributed by atoms with van der Waals surface area (Å²) in [6, 6.07) is 12.6. The summed E-state index contributed by atoms with van der Waals surface area (Å²) in [5.41, 5.74) is 8.01. The van der Waals surface area contributed by atoms with Crippen LogP contribution in [0.1, 0.15) is 10.4 Å². The fourth-order valence-electron chi connectivity index (χ4n) is 2.66. The largest absolute Gasteiger partial charge is 0.399 e. The maximum absolute atomic E-state index is 12.5. The number of hydrogen-bond acceptors (Lipinski definition) is 3. The quantitative estimate of drug-likeness (QED) is 0.843. The average molecular weight is 350 g/mol. The first kappa shape index (κ1) is 16.0. The summed E-state index contributed by atoms with van der Waals surface area (Å²) in [6.07, 6.45) is 0. The second kappa shape index (κ2) is 6.69. The van der Waals surface area contributed by atoms with Gasteiger partial charge in [0, 0.05) is 43.1 Å². The second-order valence-electron chi connectivity index (χ2n) is 5.50. The molecule has 120 valence electrons. The van der Waals surface area contributed by atoms with Crippen LogP contribution in [0.3, 0.4) is 0 Å². The van der Waals surface area contributed by atoms with Crippen LogP contribution in [0.2, 0.25) is 10.0 Å². The number of nitrogens with two attached hydrogens (primary N) is 1. The summed E-state index contributed by atoms with van der Waals surface area (Å²) in [4.78, 5) is 16.5. The lowest BCUT2D eigenvalue weighted by Gasteiger charge is -2.36. The number of benzene rings is 2. The van der Waals surface area contributed by atoms with Crippen LogP contribution in [0.4, 0.5) is 11.4 Å². The van der Waals surface area contributed by atoms with Gasteiger partial charge in [-0.3, -0.25) is 4.79 Å². The molecule has 1 aliphatic heterocycles. The predicted octanol–water partition coefficient (Wildman–Crippen LogP) is 3.54. The first-order valence-corrected chi connectivity index (χ1v) is 8.15. The Morgan fingerprint density at radius 3 is 2.17 bits per heavy atom. The summed E-state index contributed by atoms with van der Waals surface area (Å²) in [5, 5.41) is 1.09. The molecule has 6 heteroatoms. The Morgan fingerprint density at radius 2 is 1.57 bits per heavy atom. The molecule has 1 saturated heterocycles. The standard InChI is InChI=1S/C17H17Cl2N3O/c18-15-6-5-14(11-16(15)19)21-7-9-22(10-8-21)17(23)12-1-3-13(20)4-2-12/h1-6,11H,7-10,20H2. The number of carbonyl (C=O) groups is 1. The van der Waals surface area contributed by atoms with Crippen molar-refractivity contribution in [2.45, 2.75) is 0 Å². The van der Waals surface area contributed by atoms with Gasteiger partial charge in [-0.2, -0.15) is 0 Å². The molecule has 0 saturated carbocycles. The maximum Gasteiger partial charge on any atom is 0.253 e. The van der Waals surface area contributed by atoms with Crippen molar-refractivity contribution in [2.24, 2.45) is 0 Å². The molecule has 0 radical (unpaired) electrons. The lowest BCUT2D eigenvalue weighted by Crippen LogP contribution is -2.48. The van der Waals surface area contributed by atoms with Crippen molar-refractivity contribution in [2.75, 3.05) is 36.8 Å². The van der Waals surface area contributed by atoms with Gasteiger partial charge in [-0.1, -0.05) is 23.2 Å². The van der Waals surface area contributed by atoms with Crippen LogP contribution in [-0.2, 0) is 0 Å². The van der Waals surface area contributed by atoms with Crippen molar-refractivity contribution >= 4 is 40.5 Å². The molecular weight excluding hydrogens is 333 g/mol. The van der Waals surface area contributed by atoms with Crippen molar-refractivity contribution in [1.29, 1.82) is 0 Å². The van der Waals surface area contributed by atoms with Crippen molar-refractivity contribution in [3.63, 3.8) is 0 Å². The molecule has 2 N–H and O–H groups in total. The van der Waals surface area contributed by atoms with Gasteiger partial charge in [0.1, 0.15) is 0 Å². The molecule has 3 rings (SSSR count). The third kappa shape index (κ3) is 3.54. The van der Waals surface area contributed by atoms with E-state index in [1.165, 1.54) is 0 Å². The van der Waals surface area contributed by atoms with Gasteiger partial charge in [0.05, 0.1) is 10.0 Å². The molecule has 0 atom stereocenters. The Hall–Kier alpha value is -1.91. The number of halogens is 2. The van der Waals surface area contributed by atoms with Crippen molar-refractivity contribution in [3.05, 3.63) is 58.1 Å². The highest BCUT2D eigenvalue weighted by molar-refractivity contribution is 6.42. The molecule has 4 nitrogen and oxygen atoms in total. The fourth-order valence-corrected chi connectivity index (χ4v) is 2.95. The van der Waals surface area contributed by atoms with Gasteiger partial charge in [0.25, 0.3) is 5.91 Å². The molecule has 0 spiro atoms. The molecule has 2 aromatic carbocycles. The third-order valence-electron chi connectivity index (χ3n) is 3.99. The van der Waals surface area contributed by atoms with E-state index in [2.05, 4.69) is 4.90 Å². The molecule has 23 heavy (non-hydrogen) atoms. The van der Waals surface area contributed by atoms with Gasteiger partial charge in [-0.05, 0) is 42.5 Å². The molecule has 0 aromatic heterocycles. The maximum atomic E-state index is 12.5. The van der Waals surface area contributed by atoms with Gasteiger partial charge in [0.2, 0.25) is 0 Å². The minimum Gasteiger partial charge on any atom is -0.399 e. The normalized spacial score (nSPS) is 14.9. The Balaban J connectivity index is 1.64. The van der Waals surface area contributed by atoms with Crippen molar-refractivity contribution in [1.82, 2.24) is 4.90 Å². The summed E-state index contributed by atoms with van der Waals surface area (Å²) in [7, 11) is 0. The summed E-state index contributed by atoms with van der Waals surface area (Å²) in [5.74, 6) is 0.0405. The summed E-state index contributed by atoms with van der Waals surface area (Å²) < 4.78 is 0. The lowest BCUT2D eigenvalue weighted by atomic mass is 10.1. The van der Waals surface area contributed by atoms with E-state index in [9.17, 15) is 4.79 Å². The summed E-state index contributed by atoms with van der Waals surface area (Å²) >= 11 is 12.0.